The van der Waals surface area contributed by atoms with E-state index in [1.807, 2.05) is 41.7 Å². The SMILES string of the molecule is c1ccc(OCCSc2ncnc3sc4c(c23)CCCC4)cc1. The van der Waals surface area contributed by atoms with Gasteiger partial charge in [0.15, 0.2) is 0 Å². The third-order valence-electron chi connectivity index (χ3n) is 4.05. The van der Waals surface area contributed by atoms with Crippen LogP contribution < -0.4 is 4.74 Å². The van der Waals surface area contributed by atoms with E-state index in [-0.39, 0.29) is 0 Å². The topological polar surface area (TPSA) is 35.0 Å². The Hall–Kier alpha value is -1.59. The molecule has 0 saturated heterocycles. The van der Waals surface area contributed by atoms with Crippen molar-refractivity contribution in [1.29, 1.82) is 0 Å². The fourth-order valence-corrected chi connectivity index (χ4v) is 5.12. The molecule has 23 heavy (non-hydrogen) atoms. The molecule has 4 rings (SSSR count). The molecule has 1 aliphatic rings. The summed E-state index contributed by atoms with van der Waals surface area (Å²) < 4.78 is 5.77. The van der Waals surface area contributed by atoms with E-state index in [0.29, 0.717) is 6.61 Å². The highest BCUT2D eigenvalue weighted by molar-refractivity contribution is 7.99. The molecule has 0 amide bonds. The number of rotatable bonds is 5. The largest absolute Gasteiger partial charge is 0.493 e. The molecule has 3 nitrogen and oxygen atoms in total. The number of aromatic nitrogens is 2. The molecule has 0 unspecified atom stereocenters. The molecule has 0 aliphatic heterocycles. The maximum atomic E-state index is 5.77. The first-order valence-corrected chi connectivity index (χ1v) is 9.78. The fraction of sp³-hybridized carbons (Fsp3) is 0.333. The molecule has 0 N–H and O–H groups in total. The summed E-state index contributed by atoms with van der Waals surface area (Å²) in [7, 11) is 0. The van der Waals surface area contributed by atoms with Crippen LogP contribution in [0.1, 0.15) is 23.3 Å². The second-order valence-corrected chi connectivity index (χ2v) is 7.75. The Balaban J connectivity index is 1.47. The quantitative estimate of drug-likeness (QED) is 0.381. The molecule has 2 aromatic heterocycles. The van der Waals surface area contributed by atoms with Crippen molar-refractivity contribution in [2.24, 2.45) is 0 Å². The third-order valence-corrected chi connectivity index (χ3v) is 6.20. The van der Waals surface area contributed by atoms with E-state index in [0.717, 1.165) is 21.4 Å². The summed E-state index contributed by atoms with van der Waals surface area (Å²) in [4.78, 5) is 11.7. The second-order valence-electron chi connectivity index (χ2n) is 5.58. The predicted octanol–water partition coefficient (Wildman–Crippen LogP) is 4.74. The lowest BCUT2D eigenvalue weighted by Gasteiger charge is -2.11. The van der Waals surface area contributed by atoms with Gasteiger partial charge in [-0.3, -0.25) is 0 Å². The predicted molar refractivity (Wildman–Crippen MR) is 96.7 cm³/mol. The van der Waals surface area contributed by atoms with Crippen LogP contribution in [-0.2, 0) is 12.8 Å². The van der Waals surface area contributed by atoms with Crippen LogP contribution >= 0.6 is 23.1 Å². The lowest BCUT2D eigenvalue weighted by atomic mass is 9.97. The van der Waals surface area contributed by atoms with Crippen LogP contribution in [0.15, 0.2) is 41.7 Å². The molecule has 0 fully saturated rings. The molecule has 1 aromatic carbocycles. The normalized spacial score (nSPS) is 13.9. The zero-order chi connectivity index (χ0) is 15.5. The van der Waals surface area contributed by atoms with Gasteiger partial charge in [0.25, 0.3) is 0 Å². The van der Waals surface area contributed by atoms with Crippen molar-refractivity contribution >= 4 is 33.3 Å². The number of aryl methyl sites for hydroxylation is 2. The first kappa shape index (κ1) is 15.0. The highest BCUT2D eigenvalue weighted by Gasteiger charge is 2.19. The number of hydrogen-bond donors (Lipinski definition) is 0. The van der Waals surface area contributed by atoms with Crippen LogP contribution in [0.3, 0.4) is 0 Å². The Morgan fingerprint density at radius 3 is 2.87 bits per heavy atom. The fourth-order valence-electron chi connectivity index (χ4n) is 2.99. The Morgan fingerprint density at radius 2 is 1.96 bits per heavy atom. The molecular formula is C18H18N2OS2. The maximum Gasteiger partial charge on any atom is 0.128 e. The van der Waals surface area contributed by atoms with E-state index in [4.69, 9.17) is 4.74 Å². The zero-order valence-corrected chi connectivity index (χ0v) is 14.5. The van der Waals surface area contributed by atoms with Crippen molar-refractivity contribution in [3.8, 4) is 5.75 Å². The van der Waals surface area contributed by atoms with Crippen molar-refractivity contribution < 1.29 is 4.74 Å². The van der Waals surface area contributed by atoms with Gasteiger partial charge in [0, 0.05) is 16.0 Å². The molecule has 0 spiro atoms. The third kappa shape index (κ3) is 3.21. The Labute approximate surface area is 144 Å². The first-order valence-electron chi connectivity index (χ1n) is 7.98. The van der Waals surface area contributed by atoms with E-state index >= 15 is 0 Å². The molecule has 118 valence electrons. The van der Waals surface area contributed by atoms with Gasteiger partial charge in [0.05, 0.1) is 6.61 Å². The van der Waals surface area contributed by atoms with Crippen molar-refractivity contribution in [2.45, 2.75) is 30.7 Å². The summed E-state index contributed by atoms with van der Waals surface area (Å²) >= 11 is 3.63. The molecule has 0 atom stereocenters. The molecule has 2 heterocycles. The lowest BCUT2D eigenvalue weighted by Crippen LogP contribution is -2.01. The van der Waals surface area contributed by atoms with E-state index in [2.05, 4.69) is 9.97 Å². The number of hydrogen-bond acceptors (Lipinski definition) is 5. The van der Waals surface area contributed by atoms with E-state index in [9.17, 15) is 0 Å². The average molecular weight is 342 g/mol. The highest BCUT2D eigenvalue weighted by atomic mass is 32.2. The summed E-state index contributed by atoms with van der Waals surface area (Å²) in [6.45, 7) is 0.687. The van der Waals surface area contributed by atoms with Crippen LogP contribution in [0, 0.1) is 0 Å². The van der Waals surface area contributed by atoms with Gasteiger partial charge in [0.2, 0.25) is 0 Å². The van der Waals surface area contributed by atoms with Crippen LogP contribution in [0.2, 0.25) is 0 Å². The van der Waals surface area contributed by atoms with Crippen LogP contribution in [0.5, 0.6) is 5.75 Å². The van der Waals surface area contributed by atoms with Gasteiger partial charge in [0.1, 0.15) is 21.9 Å². The molecule has 3 aromatic rings. The minimum absolute atomic E-state index is 0.687. The van der Waals surface area contributed by atoms with Gasteiger partial charge in [-0.1, -0.05) is 18.2 Å². The summed E-state index contributed by atoms with van der Waals surface area (Å²) in [6.07, 6.45) is 6.68. The first-order chi connectivity index (χ1) is 11.4. The number of nitrogens with zero attached hydrogens (tertiary/aromatic N) is 2. The van der Waals surface area contributed by atoms with Crippen molar-refractivity contribution in [1.82, 2.24) is 9.97 Å². The molecular weight excluding hydrogens is 324 g/mol. The minimum atomic E-state index is 0.687. The van der Waals surface area contributed by atoms with Crippen molar-refractivity contribution in [3.63, 3.8) is 0 Å². The Morgan fingerprint density at radius 1 is 1.09 bits per heavy atom. The molecule has 5 heteroatoms. The zero-order valence-electron chi connectivity index (χ0n) is 12.8. The van der Waals surface area contributed by atoms with Crippen LogP contribution in [-0.4, -0.2) is 22.3 Å². The molecule has 0 bridgehead atoms. The Bertz CT molecular complexity index is 801. The standard InChI is InChI=1S/C18H18N2OS2/c1-2-6-13(7-3-1)21-10-11-22-17-16-14-8-4-5-9-15(14)23-18(16)20-12-19-17/h1-3,6-7,12H,4-5,8-11H2. The van der Waals surface area contributed by atoms with Gasteiger partial charge in [-0.15, -0.1) is 23.1 Å². The van der Waals surface area contributed by atoms with Crippen LogP contribution in [0.25, 0.3) is 10.2 Å². The molecule has 0 radical (unpaired) electrons. The van der Waals surface area contributed by atoms with Crippen molar-refractivity contribution in [3.05, 3.63) is 47.1 Å². The van der Waals surface area contributed by atoms with Gasteiger partial charge >= 0.3 is 0 Å². The average Bonchev–Trinajstić information content (AvgIpc) is 2.99. The lowest BCUT2D eigenvalue weighted by molar-refractivity contribution is 0.344. The van der Waals surface area contributed by atoms with Gasteiger partial charge in [-0.25, -0.2) is 9.97 Å². The van der Waals surface area contributed by atoms with Crippen LogP contribution in [0.4, 0.5) is 0 Å². The highest BCUT2D eigenvalue weighted by Crippen LogP contribution is 2.39. The second kappa shape index (κ2) is 6.89. The summed E-state index contributed by atoms with van der Waals surface area (Å²) in [6, 6.07) is 9.97. The monoisotopic (exact) mass is 342 g/mol. The number of fused-ring (bicyclic) bond motifs is 3. The summed E-state index contributed by atoms with van der Waals surface area (Å²) in [5.41, 5.74) is 1.50. The smallest absolute Gasteiger partial charge is 0.128 e. The number of ether oxygens (including phenoxy) is 1. The Kier molecular flexibility index (Phi) is 4.48. The molecule has 0 saturated carbocycles. The minimum Gasteiger partial charge on any atom is -0.493 e. The number of thioether (sulfide) groups is 1. The van der Waals surface area contributed by atoms with E-state index in [1.165, 1.54) is 41.5 Å². The summed E-state index contributed by atoms with van der Waals surface area (Å²) in [5, 5.41) is 2.42. The van der Waals surface area contributed by atoms with E-state index < -0.39 is 0 Å². The van der Waals surface area contributed by atoms with E-state index in [1.54, 1.807) is 18.1 Å². The van der Waals surface area contributed by atoms with Gasteiger partial charge in [-0.05, 0) is 43.4 Å². The van der Waals surface area contributed by atoms with Gasteiger partial charge < -0.3 is 4.74 Å². The number of thiophene rings is 1. The van der Waals surface area contributed by atoms with Crippen molar-refractivity contribution in [2.75, 3.05) is 12.4 Å². The van der Waals surface area contributed by atoms with Gasteiger partial charge in [-0.2, -0.15) is 0 Å². The maximum absolute atomic E-state index is 5.77. The summed E-state index contributed by atoms with van der Waals surface area (Å²) in [5.74, 6) is 1.82. The number of benzene rings is 1. The number of para-hydroxylation sites is 1. The molecule has 1 aliphatic carbocycles.